The lowest BCUT2D eigenvalue weighted by molar-refractivity contribution is -0.384. The molecule has 4 aromatic rings. The zero-order valence-electron chi connectivity index (χ0n) is 21.1. The van der Waals surface area contributed by atoms with E-state index in [4.69, 9.17) is 0 Å². The molecule has 0 aliphatic carbocycles. The lowest BCUT2D eigenvalue weighted by atomic mass is 10.1. The monoisotopic (exact) mass is 573 g/mol. The van der Waals surface area contributed by atoms with Gasteiger partial charge in [-0.3, -0.25) is 24.5 Å². The van der Waals surface area contributed by atoms with Crippen LogP contribution in [-0.4, -0.2) is 32.9 Å². The Hall–Kier alpha value is -4.81. The number of nitrogens with one attached hydrogen (secondary N) is 3. The van der Waals surface area contributed by atoms with E-state index in [1.165, 1.54) is 53.4 Å². The molecule has 4 rings (SSSR count). The first-order chi connectivity index (χ1) is 19.3. The number of hydrogen-bond donors (Lipinski definition) is 3. The number of amides is 3. The molecular weight excluding hydrogens is 550 g/mol. The molecule has 10 nitrogen and oxygen atoms in total. The molecule has 1 unspecified atom stereocenters. The molecule has 12 heteroatoms. The molecule has 0 aliphatic rings. The van der Waals surface area contributed by atoms with Gasteiger partial charge in [-0.05, 0) is 67.1 Å². The van der Waals surface area contributed by atoms with E-state index in [-0.39, 0.29) is 22.5 Å². The fraction of sp³-hybridized carbons (Fsp3) is 0.0714. The van der Waals surface area contributed by atoms with Crippen LogP contribution in [0.4, 0.5) is 16.5 Å². The molecule has 1 aromatic heterocycles. The number of rotatable bonds is 10. The number of hydrogen-bond acceptors (Lipinski definition) is 8. The van der Waals surface area contributed by atoms with Crippen LogP contribution in [0.25, 0.3) is 6.08 Å². The fourth-order valence-electron chi connectivity index (χ4n) is 3.37. The first kappa shape index (κ1) is 28.2. The lowest BCUT2D eigenvalue weighted by Gasteiger charge is -2.13. The highest BCUT2D eigenvalue weighted by Gasteiger charge is 2.17. The van der Waals surface area contributed by atoms with E-state index < -0.39 is 16.7 Å². The number of aromatic nitrogens is 1. The summed E-state index contributed by atoms with van der Waals surface area (Å²) in [6, 6.07) is 20.9. The van der Waals surface area contributed by atoms with Gasteiger partial charge in [0.15, 0.2) is 5.13 Å². The topological polar surface area (TPSA) is 143 Å². The van der Waals surface area contributed by atoms with Gasteiger partial charge in [0, 0.05) is 39.9 Å². The average Bonchev–Trinajstić information content (AvgIpc) is 3.47. The minimum Gasteiger partial charge on any atom is -0.321 e. The summed E-state index contributed by atoms with van der Waals surface area (Å²) in [6.07, 6.45) is 3.05. The largest absolute Gasteiger partial charge is 0.321 e. The highest BCUT2D eigenvalue weighted by molar-refractivity contribution is 8.00. The molecule has 3 aromatic carbocycles. The van der Waals surface area contributed by atoms with Crippen LogP contribution in [0.1, 0.15) is 22.8 Å². The number of thioether (sulfide) groups is 1. The maximum Gasteiger partial charge on any atom is 0.272 e. The zero-order chi connectivity index (χ0) is 28.5. The van der Waals surface area contributed by atoms with E-state index in [1.54, 1.807) is 73.1 Å². The Bertz CT molecular complexity index is 1520. The Morgan fingerprint density at radius 2 is 1.68 bits per heavy atom. The van der Waals surface area contributed by atoms with Gasteiger partial charge in [0.05, 0.1) is 10.2 Å². The van der Waals surface area contributed by atoms with Crippen LogP contribution in [-0.2, 0) is 9.59 Å². The second-order valence-corrected chi connectivity index (χ2v) is 10.6. The third-order valence-corrected chi connectivity index (χ3v) is 7.20. The Kier molecular flexibility index (Phi) is 9.39. The summed E-state index contributed by atoms with van der Waals surface area (Å²) < 4.78 is 0. The van der Waals surface area contributed by atoms with Crippen molar-refractivity contribution in [3.8, 4) is 0 Å². The highest BCUT2D eigenvalue weighted by atomic mass is 32.2. The molecular formula is C28H23N5O5S2. The highest BCUT2D eigenvalue weighted by Crippen LogP contribution is 2.26. The molecule has 0 fully saturated rings. The normalized spacial score (nSPS) is 11.8. The molecule has 0 saturated carbocycles. The van der Waals surface area contributed by atoms with Gasteiger partial charge in [-0.2, -0.15) is 0 Å². The van der Waals surface area contributed by atoms with Crippen LogP contribution in [0.15, 0.2) is 101 Å². The van der Waals surface area contributed by atoms with Crippen LogP contribution in [0.2, 0.25) is 0 Å². The van der Waals surface area contributed by atoms with Gasteiger partial charge < -0.3 is 16.0 Å². The van der Waals surface area contributed by atoms with Gasteiger partial charge in [-0.15, -0.1) is 23.1 Å². The van der Waals surface area contributed by atoms with Crippen molar-refractivity contribution in [3.05, 3.63) is 117 Å². The maximum atomic E-state index is 13.2. The van der Waals surface area contributed by atoms with Crippen molar-refractivity contribution in [2.45, 2.75) is 17.1 Å². The number of thiazole rings is 1. The molecule has 40 heavy (non-hydrogen) atoms. The molecule has 3 amide bonds. The summed E-state index contributed by atoms with van der Waals surface area (Å²) in [5, 5.41) is 21.1. The number of non-ortho nitro benzene ring substituents is 1. The van der Waals surface area contributed by atoms with E-state index in [0.29, 0.717) is 21.9 Å². The van der Waals surface area contributed by atoms with Crippen molar-refractivity contribution in [1.82, 2.24) is 10.3 Å². The SMILES string of the molecule is CC(Sc1ccc(NC(=O)/C(=C/c2ccc([N+](=O)[O-])cc2)NC(=O)c2ccccc2)cc1)C(=O)Nc1nccs1. The standard InChI is InChI=1S/C28H23N5O5S2/c1-18(25(34)32-28-29-15-16-39-28)40-23-13-9-21(10-14-23)30-27(36)24(31-26(35)20-5-3-2-4-6-20)17-19-7-11-22(12-8-19)33(37)38/h2-18H,1H3,(H,30,36)(H,31,35)(H,29,32,34)/b24-17-. The second kappa shape index (κ2) is 13.3. The molecule has 0 radical (unpaired) electrons. The Morgan fingerprint density at radius 1 is 0.975 bits per heavy atom. The first-order valence-electron chi connectivity index (χ1n) is 11.9. The molecule has 0 spiro atoms. The number of benzene rings is 3. The van der Waals surface area contributed by atoms with Crippen LogP contribution >= 0.6 is 23.1 Å². The molecule has 0 aliphatic heterocycles. The first-order valence-corrected chi connectivity index (χ1v) is 13.7. The van der Waals surface area contributed by atoms with Gasteiger partial charge in [0.1, 0.15) is 5.70 Å². The Labute approximate surface area is 237 Å². The number of anilines is 2. The molecule has 202 valence electrons. The van der Waals surface area contributed by atoms with Crippen LogP contribution in [0.3, 0.4) is 0 Å². The van der Waals surface area contributed by atoms with Crippen molar-refractivity contribution >= 4 is 63.4 Å². The van der Waals surface area contributed by atoms with Gasteiger partial charge >= 0.3 is 0 Å². The maximum absolute atomic E-state index is 13.2. The average molecular weight is 574 g/mol. The van der Waals surface area contributed by atoms with Crippen molar-refractivity contribution in [3.63, 3.8) is 0 Å². The number of carbonyl (C=O) groups is 3. The van der Waals surface area contributed by atoms with Gasteiger partial charge in [-0.25, -0.2) is 4.98 Å². The van der Waals surface area contributed by atoms with Gasteiger partial charge in [-0.1, -0.05) is 18.2 Å². The second-order valence-electron chi connectivity index (χ2n) is 8.29. The summed E-state index contributed by atoms with van der Waals surface area (Å²) in [7, 11) is 0. The Balaban J connectivity index is 1.46. The van der Waals surface area contributed by atoms with Crippen LogP contribution < -0.4 is 16.0 Å². The third-order valence-electron chi connectivity index (χ3n) is 5.40. The van der Waals surface area contributed by atoms with E-state index in [9.17, 15) is 24.5 Å². The molecule has 1 heterocycles. The summed E-state index contributed by atoms with van der Waals surface area (Å²) >= 11 is 2.69. The van der Waals surface area contributed by atoms with E-state index in [0.717, 1.165) is 4.90 Å². The number of nitrogens with zero attached hydrogens (tertiary/aromatic N) is 2. The summed E-state index contributed by atoms with van der Waals surface area (Å²) in [6.45, 7) is 1.79. The fourth-order valence-corrected chi connectivity index (χ4v) is 4.77. The molecule has 0 bridgehead atoms. The van der Waals surface area contributed by atoms with Crippen LogP contribution in [0.5, 0.6) is 0 Å². The quantitative estimate of drug-likeness (QED) is 0.0972. The predicted molar refractivity (Wildman–Crippen MR) is 156 cm³/mol. The smallest absolute Gasteiger partial charge is 0.272 e. The molecule has 0 saturated heterocycles. The lowest BCUT2D eigenvalue weighted by Crippen LogP contribution is -2.30. The van der Waals surface area contributed by atoms with Crippen molar-refractivity contribution < 1.29 is 19.3 Å². The minimum absolute atomic E-state index is 0.0476. The number of nitro benzene ring substituents is 1. The van der Waals surface area contributed by atoms with Gasteiger partial charge in [0.25, 0.3) is 17.5 Å². The molecule has 3 N–H and O–H groups in total. The number of nitro groups is 1. The zero-order valence-corrected chi connectivity index (χ0v) is 22.7. The van der Waals surface area contributed by atoms with Gasteiger partial charge in [0.2, 0.25) is 5.91 Å². The summed E-state index contributed by atoms with van der Waals surface area (Å²) in [5.41, 5.74) is 1.18. The van der Waals surface area contributed by atoms with Crippen molar-refractivity contribution in [2.75, 3.05) is 10.6 Å². The van der Waals surface area contributed by atoms with E-state index >= 15 is 0 Å². The summed E-state index contributed by atoms with van der Waals surface area (Å²) in [4.78, 5) is 53.7. The molecule has 1 atom stereocenters. The predicted octanol–water partition coefficient (Wildman–Crippen LogP) is 5.58. The number of carbonyl (C=O) groups excluding carboxylic acids is 3. The summed E-state index contributed by atoms with van der Waals surface area (Å²) in [5.74, 6) is -1.24. The third kappa shape index (κ3) is 7.85. The van der Waals surface area contributed by atoms with Crippen LogP contribution in [0, 0.1) is 10.1 Å². The van der Waals surface area contributed by atoms with E-state index in [2.05, 4.69) is 20.9 Å². The van der Waals surface area contributed by atoms with Crippen molar-refractivity contribution in [2.24, 2.45) is 0 Å². The Morgan fingerprint density at radius 3 is 2.30 bits per heavy atom. The van der Waals surface area contributed by atoms with E-state index in [1.807, 2.05) is 0 Å². The minimum atomic E-state index is -0.584. The van der Waals surface area contributed by atoms with Crippen molar-refractivity contribution in [1.29, 1.82) is 0 Å².